The first-order chi connectivity index (χ1) is 9.16. The highest BCUT2D eigenvalue weighted by Crippen LogP contribution is 2.18. The van der Waals surface area contributed by atoms with Crippen LogP contribution in [-0.4, -0.2) is 11.9 Å². The number of amides is 1. The maximum absolute atomic E-state index is 12.4. The molecular weight excluding hydrogens is 234 g/mol. The van der Waals surface area contributed by atoms with Crippen molar-refractivity contribution < 1.29 is 4.79 Å². The summed E-state index contributed by atoms with van der Waals surface area (Å²) in [6.07, 6.45) is 8.76. The van der Waals surface area contributed by atoms with Crippen LogP contribution in [0, 0.1) is 13.8 Å². The maximum Gasteiger partial charge on any atom is 0.251 e. The molecule has 1 amide bonds. The minimum absolute atomic E-state index is 0.103. The van der Waals surface area contributed by atoms with Crippen molar-refractivity contribution in [3.05, 3.63) is 34.9 Å². The minimum atomic E-state index is 0.103. The average molecular weight is 259 g/mol. The molecule has 0 spiro atoms. The molecule has 1 aliphatic rings. The van der Waals surface area contributed by atoms with Crippen molar-refractivity contribution in [3.63, 3.8) is 0 Å². The monoisotopic (exact) mass is 259 g/mol. The predicted octanol–water partition coefficient (Wildman–Crippen LogP) is 4.15. The van der Waals surface area contributed by atoms with Gasteiger partial charge in [-0.05, 0) is 38.3 Å². The van der Waals surface area contributed by atoms with E-state index in [-0.39, 0.29) is 5.91 Å². The molecule has 1 aliphatic carbocycles. The van der Waals surface area contributed by atoms with Crippen LogP contribution in [0.1, 0.15) is 66.4 Å². The van der Waals surface area contributed by atoms with E-state index in [4.69, 9.17) is 0 Å². The first-order valence-corrected chi connectivity index (χ1v) is 7.55. The molecule has 2 rings (SSSR count). The molecule has 2 heteroatoms. The van der Waals surface area contributed by atoms with Crippen molar-refractivity contribution in [2.45, 2.75) is 64.8 Å². The number of carbonyl (C=O) groups is 1. The number of hydrogen-bond acceptors (Lipinski definition) is 1. The van der Waals surface area contributed by atoms with E-state index in [1.807, 2.05) is 26.0 Å². The lowest BCUT2D eigenvalue weighted by atomic mass is 9.96. The number of aryl methyl sites for hydroxylation is 2. The molecule has 0 radical (unpaired) electrons. The zero-order valence-corrected chi connectivity index (χ0v) is 12.2. The van der Waals surface area contributed by atoms with Gasteiger partial charge in [-0.2, -0.15) is 0 Å². The summed E-state index contributed by atoms with van der Waals surface area (Å²) in [5.74, 6) is 0.103. The van der Waals surface area contributed by atoms with Crippen LogP contribution in [0.3, 0.4) is 0 Å². The number of benzene rings is 1. The lowest BCUT2D eigenvalue weighted by molar-refractivity contribution is 0.0929. The van der Waals surface area contributed by atoms with Crippen LogP contribution < -0.4 is 5.32 Å². The zero-order valence-electron chi connectivity index (χ0n) is 12.2. The molecule has 19 heavy (non-hydrogen) atoms. The van der Waals surface area contributed by atoms with E-state index in [9.17, 15) is 4.79 Å². The Morgan fingerprint density at radius 3 is 2.37 bits per heavy atom. The van der Waals surface area contributed by atoms with Gasteiger partial charge in [0.05, 0.1) is 0 Å². The minimum Gasteiger partial charge on any atom is -0.349 e. The predicted molar refractivity (Wildman–Crippen MR) is 79.5 cm³/mol. The number of hydrogen-bond donors (Lipinski definition) is 1. The van der Waals surface area contributed by atoms with Crippen molar-refractivity contribution in [1.29, 1.82) is 0 Å². The Kier molecular flexibility index (Phi) is 5.00. The first-order valence-electron chi connectivity index (χ1n) is 7.55. The molecule has 0 heterocycles. The van der Waals surface area contributed by atoms with E-state index in [0.29, 0.717) is 6.04 Å². The molecule has 1 fully saturated rings. The summed E-state index contributed by atoms with van der Waals surface area (Å²) in [7, 11) is 0. The summed E-state index contributed by atoms with van der Waals surface area (Å²) >= 11 is 0. The summed E-state index contributed by atoms with van der Waals surface area (Å²) in [6, 6.07) is 6.45. The summed E-state index contributed by atoms with van der Waals surface area (Å²) in [5.41, 5.74) is 3.05. The van der Waals surface area contributed by atoms with Crippen LogP contribution in [0.15, 0.2) is 18.2 Å². The lowest BCUT2D eigenvalue weighted by Crippen LogP contribution is -2.35. The van der Waals surface area contributed by atoms with Crippen LogP contribution >= 0.6 is 0 Å². The summed E-state index contributed by atoms with van der Waals surface area (Å²) < 4.78 is 0. The second-order valence-corrected chi connectivity index (χ2v) is 5.83. The molecule has 0 bridgehead atoms. The Hall–Kier alpha value is -1.31. The van der Waals surface area contributed by atoms with E-state index < -0.39 is 0 Å². The third-order valence-electron chi connectivity index (χ3n) is 4.08. The molecule has 0 unspecified atom stereocenters. The average Bonchev–Trinajstić information content (AvgIpc) is 2.35. The van der Waals surface area contributed by atoms with Gasteiger partial charge in [-0.3, -0.25) is 4.79 Å². The lowest BCUT2D eigenvalue weighted by Gasteiger charge is -2.21. The largest absolute Gasteiger partial charge is 0.349 e. The molecule has 1 saturated carbocycles. The fraction of sp³-hybridized carbons (Fsp3) is 0.588. The SMILES string of the molecule is Cc1ccc(C)c(C(=O)NC2CCCCCCC2)c1. The summed E-state index contributed by atoms with van der Waals surface area (Å²) in [4.78, 5) is 12.4. The van der Waals surface area contributed by atoms with E-state index in [2.05, 4.69) is 11.4 Å². The van der Waals surface area contributed by atoms with Gasteiger partial charge in [0.2, 0.25) is 0 Å². The van der Waals surface area contributed by atoms with Crippen LogP contribution in [0.4, 0.5) is 0 Å². The van der Waals surface area contributed by atoms with E-state index in [0.717, 1.165) is 29.5 Å². The van der Waals surface area contributed by atoms with Gasteiger partial charge in [0, 0.05) is 11.6 Å². The summed E-state index contributed by atoms with van der Waals surface area (Å²) in [6.45, 7) is 4.04. The van der Waals surface area contributed by atoms with Crippen molar-refractivity contribution in [3.8, 4) is 0 Å². The van der Waals surface area contributed by atoms with Gasteiger partial charge in [0.15, 0.2) is 0 Å². The quantitative estimate of drug-likeness (QED) is 0.849. The van der Waals surface area contributed by atoms with Crippen molar-refractivity contribution in [2.75, 3.05) is 0 Å². The molecule has 1 aromatic rings. The van der Waals surface area contributed by atoms with Gasteiger partial charge < -0.3 is 5.32 Å². The molecule has 0 saturated heterocycles. The van der Waals surface area contributed by atoms with Gasteiger partial charge in [-0.25, -0.2) is 0 Å². The molecule has 0 aliphatic heterocycles. The van der Waals surface area contributed by atoms with Crippen LogP contribution in [-0.2, 0) is 0 Å². The van der Waals surface area contributed by atoms with Gasteiger partial charge >= 0.3 is 0 Å². The van der Waals surface area contributed by atoms with E-state index >= 15 is 0 Å². The Balaban J connectivity index is 2.00. The number of nitrogens with one attached hydrogen (secondary N) is 1. The van der Waals surface area contributed by atoms with Crippen molar-refractivity contribution >= 4 is 5.91 Å². The first kappa shape index (κ1) is 14.1. The Morgan fingerprint density at radius 1 is 1.05 bits per heavy atom. The van der Waals surface area contributed by atoms with Crippen LogP contribution in [0.5, 0.6) is 0 Å². The highest BCUT2D eigenvalue weighted by Gasteiger charge is 2.16. The topological polar surface area (TPSA) is 29.1 Å². The number of rotatable bonds is 2. The van der Waals surface area contributed by atoms with Crippen molar-refractivity contribution in [2.24, 2.45) is 0 Å². The van der Waals surface area contributed by atoms with Gasteiger partial charge in [0.25, 0.3) is 5.91 Å². The molecule has 1 aromatic carbocycles. The summed E-state index contributed by atoms with van der Waals surface area (Å²) in [5, 5.41) is 3.23. The Morgan fingerprint density at radius 2 is 1.68 bits per heavy atom. The van der Waals surface area contributed by atoms with E-state index in [1.54, 1.807) is 0 Å². The third kappa shape index (κ3) is 4.09. The van der Waals surface area contributed by atoms with E-state index in [1.165, 1.54) is 32.1 Å². The molecule has 0 atom stereocenters. The molecule has 104 valence electrons. The Bertz CT molecular complexity index is 431. The second kappa shape index (κ2) is 6.74. The van der Waals surface area contributed by atoms with Crippen LogP contribution in [0.2, 0.25) is 0 Å². The van der Waals surface area contributed by atoms with Gasteiger partial charge in [-0.1, -0.05) is 49.8 Å². The van der Waals surface area contributed by atoms with Crippen molar-refractivity contribution in [1.82, 2.24) is 5.32 Å². The van der Waals surface area contributed by atoms with Crippen LogP contribution in [0.25, 0.3) is 0 Å². The maximum atomic E-state index is 12.4. The molecule has 0 aromatic heterocycles. The fourth-order valence-corrected chi connectivity index (χ4v) is 2.84. The Labute approximate surface area is 116 Å². The highest BCUT2D eigenvalue weighted by atomic mass is 16.1. The van der Waals surface area contributed by atoms with Gasteiger partial charge in [0.1, 0.15) is 0 Å². The molecule has 2 nitrogen and oxygen atoms in total. The van der Waals surface area contributed by atoms with Gasteiger partial charge in [-0.15, -0.1) is 0 Å². The zero-order chi connectivity index (χ0) is 13.7. The number of carbonyl (C=O) groups excluding carboxylic acids is 1. The smallest absolute Gasteiger partial charge is 0.251 e. The third-order valence-corrected chi connectivity index (χ3v) is 4.08. The highest BCUT2D eigenvalue weighted by molar-refractivity contribution is 5.96. The standard InChI is InChI=1S/C17H25NO/c1-13-10-11-14(2)16(12-13)17(19)18-15-8-6-4-3-5-7-9-15/h10-12,15H,3-9H2,1-2H3,(H,18,19). The normalized spacial score (nSPS) is 17.6. The molecular formula is C17H25NO. The molecule has 1 N–H and O–H groups in total. The second-order valence-electron chi connectivity index (χ2n) is 5.83. The fourth-order valence-electron chi connectivity index (χ4n) is 2.84.